The van der Waals surface area contributed by atoms with Crippen LogP contribution in [0, 0.1) is 6.92 Å². The van der Waals surface area contributed by atoms with Crippen molar-refractivity contribution in [2.75, 3.05) is 23.3 Å². The highest BCUT2D eigenvalue weighted by atomic mass is 19.4. The summed E-state index contributed by atoms with van der Waals surface area (Å²) in [5.41, 5.74) is 1.47. The molecule has 8 nitrogen and oxygen atoms in total. The van der Waals surface area contributed by atoms with Crippen LogP contribution >= 0.6 is 0 Å². The summed E-state index contributed by atoms with van der Waals surface area (Å²) >= 11 is 0. The average molecular weight is 481 g/mol. The van der Waals surface area contributed by atoms with E-state index in [0.717, 1.165) is 29.7 Å². The van der Waals surface area contributed by atoms with Gasteiger partial charge in [-0.2, -0.15) is 13.2 Å². The lowest BCUT2D eigenvalue weighted by Gasteiger charge is -2.29. The first-order valence-corrected chi connectivity index (χ1v) is 11.0. The Morgan fingerprint density at radius 1 is 1.17 bits per heavy atom. The van der Waals surface area contributed by atoms with Gasteiger partial charge in [-0.05, 0) is 43.7 Å². The van der Waals surface area contributed by atoms with Gasteiger partial charge in [-0.15, -0.1) is 0 Å². The minimum absolute atomic E-state index is 0.151. The number of pyridine rings is 2. The van der Waals surface area contributed by atoms with Crippen molar-refractivity contribution in [3.05, 3.63) is 75.2 Å². The summed E-state index contributed by atoms with van der Waals surface area (Å²) in [5, 5.41) is 3.22. The van der Waals surface area contributed by atoms with Crippen molar-refractivity contribution in [1.82, 2.24) is 19.5 Å². The summed E-state index contributed by atoms with van der Waals surface area (Å²) in [6, 6.07) is 4.80. The van der Waals surface area contributed by atoms with Crippen LogP contribution in [0.3, 0.4) is 0 Å². The summed E-state index contributed by atoms with van der Waals surface area (Å²) in [4.78, 5) is 32.2. The maximum Gasteiger partial charge on any atom is 0.416 e. The molecule has 0 spiro atoms. The summed E-state index contributed by atoms with van der Waals surface area (Å²) < 4.78 is 41.1. The second-order valence-electron chi connectivity index (χ2n) is 8.47. The smallest absolute Gasteiger partial charge is 0.361 e. The number of fused-ring (bicyclic) bond motifs is 3. The van der Waals surface area contributed by atoms with Crippen molar-refractivity contribution in [3.8, 4) is 0 Å². The molecule has 1 atom stereocenters. The summed E-state index contributed by atoms with van der Waals surface area (Å²) in [7, 11) is 1.68. The largest absolute Gasteiger partial charge is 0.416 e. The number of aryl methyl sites for hydroxylation is 2. The van der Waals surface area contributed by atoms with Crippen LogP contribution in [0.15, 0.2) is 46.4 Å². The van der Waals surface area contributed by atoms with Crippen LogP contribution < -0.4 is 15.8 Å². The molecule has 5 rings (SSSR count). The number of hydrogen-bond donors (Lipinski definition) is 1. The number of amidine groups is 1. The molecule has 3 aromatic heterocycles. The molecule has 1 unspecified atom stereocenters. The van der Waals surface area contributed by atoms with Crippen molar-refractivity contribution in [2.24, 2.45) is 12.0 Å². The monoisotopic (exact) mass is 481 g/mol. The van der Waals surface area contributed by atoms with Crippen molar-refractivity contribution < 1.29 is 13.2 Å². The standard InChI is InChI=1S/C24H22F3N7O/c1-13(19-11-16(4-6-28-19)24(25,26)27)30-21-18-12-17(15-5-8-33(3)20(35)10-15)22-29-7-9-34(22)23(18)32-14(2)31-21/h4-6,8,10-13H,7,9H2,1-3H3,(H,30,31,32). The van der Waals surface area contributed by atoms with Crippen molar-refractivity contribution in [3.63, 3.8) is 0 Å². The highest BCUT2D eigenvalue weighted by Crippen LogP contribution is 2.38. The van der Waals surface area contributed by atoms with E-state index in [1.165, 1.54) is 4.57 Å². The molecule has 0 bridgehead atoms. The topological polar surface area (TPSA) is 88.3 Å². The van der Waals surface area contributed by atoms with E-state index in [0.29, 0.717) is 41.7 Å². The molecular weight excluding hydrogens is 459 g/mol. The van der Waals surface area contributed by atoms with E-state index >= 15 is 0 Å². The fourth-order valence-corrected chi connectivity index (χ4v) is 4.18. The first kappa shape index (κ1) is 22.8. The van der Waals surface area contributed by atoms with Crippen LogP contribution in [0.2, 0.25) is 0 Å². The molecule has 0 amide bonds. The SMILES string of the molecule is Cc1nc(NC(C)c2cc(C(F)(F)F)ccn2)c2c(n1)N1CCN=C1C(c1ccn(C)c(=O)c1)=C2. The minimum Gasteiger partial charge on any atom is -0.361 e. The summed E-state index contributed by atoms with van der Waals surface area (Å²) in [6.07, 6.45) is 0.259. The van der Waals surface area contributed by atoms with E-state index in [9.17, 15) is 18.0 Å². The van der Waals surface area contributed by atoms with Crippen LogP contribution in [0.1, 0.15) is 41.2 Å². The predicted molar refractivity (Wildman–Crippen MR) is 127 cm³/mol. The van der Waals surface area contributed by atoms with Gasteiger partial charge in [0.1, 0.15) is 23.3 Å². The molecule has 0 saturated carbocycles. The zero-order valence-electron chi connectivity index (χ0n) is 19.3. The van der Waals surface area contributed by atoms with Crippen molar-refractivity contribution in [1.29, 1.82) is 0 Å². The molecule has 0 radical (unpaired) electrons. The maximum atomic E-state index is 13.2. The number of aromatic nitrogens is 4. The van der Waals surface area contributed by atoms with Gasteiger partial charge in [0, 0.05) is 37.6 Å². The molecule has 0 saturated heterocycles. The number of alkyl halides is 3. The summed E-state index contributed by atoms with van der Waals surface area (Å²) in [6.45, 7) is 4.67. The molecule has 180 valence electrons. The van der Waals surface area contributed by atoms with Gasteiger partial charge < -0.3 is 14.8 Å². The number of aliphatic imine (C=N–C) groups is 1. The van der Waals surface area contributed by atoms with E-state index in [1.54, 1.807) is 33.2 Å². The second kappa shape index (κ2) is 8.33. The zero-order valence-corrected chi connectivity index (χ0v) is 19.3. The van der Waals surface area contributed by atoms with Gasteiger partial charge in [-0.3, -0.25) is 14.8 Å². The van der Waals surface area contributed by atoms with Gasteiger partial charge in [0.2, 0.25) is 0 Å². The van der Waals surface area contributed by atoms with Gasteiger partial charge in [0.05, 0.1) is 29.4 Å². The Morgan fingerprint density at radius 3 is 2.71 bits per heavy atom. The van der Waals surface area contributed by atoms with Gasteiger partial charge in [-0.25, -0.2) is 9.97 Å². The van der Waals surface area contributed by atoms with Gasteiger partial charge >= 0.3 is 6.18 Å². The van der Waals surface area contributed by atoms with E-state index in [1.807, 2.05) is 17.0 Å². The Hall–Kier alpha value is -4.02. The fraction of sp³-hybridized carbons (Fsp3) is 0.292. The second-order valence-corrected chi connectivity index (χ2v) is 8.47. The third kappa shape index (κ3) is 4.17. The van der Waals surface area contributed by atoms with E-state index in [-0.39, 0.29) is 11.3 Å². The number of halogens is 3. The van der Waals surface area contributed by atoms with Crippen LogP contribution in [0.5, 0.6) is 0 Å². The van der Waals surface area contributed by atoms with Gasteiger partial charge in [0.15, 0.2) is 0 Å². The van der Waals surface area contributed by atoms with Crippen LogP contribution in [0.4, 0.5) is 24.8 Å². The number of hydrogen-bond acceptors (Lipinski definition) is 7. The van der Waals surface area contributed by atoms with E-state index in [2.05, 4.69) is 25.3 Å². The number of nitrogens with one attached hydrogen (secondary N) is 1. The van der Waals surface area contributed by atoms with Gasteiger partial charge in [0.25, 0.3) is 5.56 Å². The Kier molecular flexibility index (Phi) is 5.42. The Bertz CT molecular complexity index is 1440. The van der Waals surface area contributed by atoms with Crippen LogP contribution in [0.25, 0.3) is 11.6 Å². The Morgan fingerprint density at radius 2 is 1.97 bits per heavy atom. The first-order chi connectivity index (χ1) is 16.6. The minimum atomic E-state index is -4.46. The third-order valence-corrected chi connectivity index (χ3v) is 5.98. The number of rotatable bonds is 4. The molecule has 0 fully saturated rings. The first-order valence-electron chi connectivity index (χ1n) is 11.0. The normalized spacial score (nSPS) is 15.8. The van der Waals surface area contributed by atoms with Crippen LogP contribution in [-0.2, 0) is 13.2 Å². The number of nitrogens with zero attached hydrogens (tertiary/aromatic N) is 6. The van der Waals surface area contributed by atoms with Crippen molar-refractivity contribution in [2.45, 2.75) is 26.1 Å². The molecule has 2 aliphatic rings. The highest BCUT2D eigenvalue weighted by Gasteiger charge is 2.33. The van der Waals surface area contributed by atoms with E-state index < -0.39 is 17.8 Å². The number of anilines is 2. The summed E-state index contributed by atoms with van der Waals surface area (Å²) in [5.74, 6) is 2.36. The van der Waals surface area contributed by atoms with Crippen molar-refractivity contribution >= 4 is 29.1 Å². The molecular formula is C24H22F3N7O. The lowest BCUT2D eigenvalue weighted by Crippen LogP contribution is -2.33. The molecule has 11 heteroatoms. The van der Waals surface area contributed by atoms with E-state index in [4.69, 9.17) is 0 Å². The Balaban J connectivity index is 1.59. The lowest BCUT2D eigenvalue weighted by molar-refractivity contribution is -0.137. The molecule has 5 heterocycles. The van der Waals surface area contributed by atoms with Gasteiger partial charge in [-0.1, -0.05) is 0 Å². The predicted octanol–water partition coefficient (Wildman–Crippen LogP) is 3.84. The quantitative estimate of drug-likeness (QED) is 0.609. The molecule has 0 aliphatic carbocycles. The average Bonchev–Trinajstić information content (AvgIpc) is 3.30. The van der Waals surface area contributed by atoms with Crippen LogP contribution in [-0.4, -0.2) is 38.4 Å². The Labute approximate surface area is 198 Å². The fourth-order valence-electron chi connectivity index (χ4n) is 4.18. The molecule has 0 aromatic carbocycles. The third-order valence-electron chi connectivity index (χ3n) is 5.98. The lowest BCUT2D eigenvalue weighted by atomic mass is 9.98. The molecule has 35 heavy (non-hydrogen) atoms. The molecule has 3 aromatic rings. The molecule has 2 aliphatic heterocycles. The molecule has 1 N–H and O–H groups in total. The maximum absolute atomic E-state index is 13.2. The highest BCUT2D eigenvalue weighted by molar-refractivity contribution is 6.36. The zero-order chi connectivity index (χ0) is 24.9.